The lowest BCUT2D eigenvalue weighted by molar-refractivity contribution is -0.131. The van der Waals surface area contributed by atoms with Gasteiger partial charge in [-0.2, -0.15) is 4.51 Å². The highest BCUT2D eigenvalue weighted by Gasteiger charge is 1.73. The Morgan fingerprint density at radius 2 is 2.45 bits per heavy atom. The molecule has 0 bridgehead atoms. The van der Waals surface area contributed by atoms with Gasteiger partial charge in [0.1, 0.15) is 8.51 Å². The zero-order valence-corrected chi connectivity index (χ0v) is 8.43. The summed E-state index contributed by atoms with van der Waals surface area (Å²) < 4.78 is 10.0. The summed E-state index contributed by atoms with van der Waals surface area (Å²) in [5.74, 6) is -0.981. The van der Waals surface area contributed by atoms with Gasteiger partial charge >= 0.3 is 5.97 Å². The van der Waals surface area contributed by atoms with Crippen LogP contribution in [0.1, 0.15) is 0 Å². The van der Waals surface area contributed by atoms with Gasteiger partial charge in [-0.15, -0.1) is 0 Å². The normalized spacial score (nSPS) is 9.45. The Labute approximate surface area is 68.3 Å². The number of nitrogens with zero attached hydrogens (tertiary/aromatic N) is 1. The average Bonchev–Trinajstić information content (AvgIpc) is 2.09. The number of aliphatic carboxylic acids is 1. The number of carbonyl (C=O) groups is 1. The van der Waals surface area contributed by atoms with Crippen LogP contribution in [0.15, 0.2) is 12.7 Å². The second-order valence-electron chi connectivity index (χ2n) is 1.22. The lowest BCUT2D eigenvalue weighted by Gasteiger charge is -1.75. The van der Waals surface area contributed by atoms with Gasteiger partial charge in [0.15, 0.2) is 0 Å². The van der Waals surface area contributed by atoms with Crippen molar-refractivity contribution in [3.05, 3.63) is 12.7 Å². The van der Waals surface area contributed by atoms with Gasteiger partial charge in [-0.05, 0) is 0 Å². The van der Waals surface area contributed by atoms with Gasteiger partial charge in [0.25, 0.3) is 0 Å². The number of rotatable bonds is 1. The molecule has 0 fully saturated rings. The number of carboxylic acid groups (broad SMARTS) is 1. The Hall–Kier alpha value is -0.490. The minimum absolute atomic E-state index is 0.614. The van der Waals surface area contributed by atoms with Crippen molar-refractivity contribution in [1.82, 2.24) is 13.5 Å². The first-order chi connectivity index (χ1) is 5.27. The molecule has 0 aromatic carbocycles. The summed E-state index contributed by atoms with van der Waals surface area (Å²) in [6.45, 7) is 2.96. The first-order valence-electron chi connectivity index (χ1n) is 2.52. The second kappa shape index (κ2) is 7.62. The first kappa shape index (κ1) is 10.5. The Balaban J connectivity index is 0.000000187. The Morgan fingerprint density at radius 1 is 1.82 bits per heavy atom. The van der Waals surface area contributed by atoms with Crippen molar-refractivity contribution in [2.75, 3.05) is 0 Å². The van der Waals surface area contributed by atoms with Gasteiger partial charge in [-0.3, -0.25) is 0 Å². The fraction of sp³-hybridized carbons (Fsp3) is 0. The molecule has 0 spiro atoms. The maximum atomic E-state index is 9.25. The maximum Gasteiger partial charge on any atom is 0.327 e. The van der Waals surface area contributed by atoms with Crippen molar-refractivity contribution in [3.63, 3.8) is 0 Å². The molecule has 8 heteroatoms. The van der Waals surface area contributed by atoms with E-state index in [0.717, 1.165) is 14.6 Å². The molecule has 1 rings (SSSR count). The highest BCUT2D eigenvalue weighted by molar-refractivity contribution is 7.43. The first-order valence-corrected chi connectivity index (χ1v) is 5.32. The third-order valence-electron chi connectivity index (χ3n) is 0.499. The number of aromatic nitrogens is 3. The second-order valence-corrected chi connectivity index (χ2v) is 4.58. The zero-order chi connectivity index (χ0) is 8.53. The molecule has 0 saturated heterocycles. The van der Waals surface area contributed by atoms with E-state index in [4.69, 9.17) is 5.11 Å². The van der Waals surface area contributed by atoms with E-state index >= 15 is 0 Å². The van der Waals surface area contributed by atoms with Crippen molar-refractivity contribution in [1.29, 1.82) is 0 Å². The van der Waals surface area contributed by atoms with E-state index in [1.165, 1.54) is 0 Å². The topological polar surface area (TPSA) is 81.8 Å². The molecule has 1 aromatic heterocycles. The van der Waals surface area contributed by atoms with Crippen LogP contribution in [0.5, 0.6) is 0 Å². The molecule has 2 atom stereocenters. The van der Waals surface area contributed by atoms with E-state index in [9.17, 15) is 4.79 Å². The molecule has 3 N–H and O–H groups in total. The summed E-state index contributed by atoms with van der Waals surface area (Å²) in [6.07, 6.45) is 0.833. The summed E-state index contributed by atoms with van der Waals surface area (Å²) in [6, 6.07) is 0. The van der Waals surface area contributed by atoms with E-state index in [1.54, 1.807) is 0 Å². The number of aromatic amines is 2. The van der Waals surface area contributed by atoms with Crippen molar-refractivity contribution in [2.45, 2.75) is 0 Å². The molecule has 0 amide bonds. The molecule has 0 radical (unpaired) electrons. The van der Waals surface area contributed by atoms with Crippen LogP contribution >= 0.6 is 25.5 Å². The molecular weight excluding hydrogens is 203 g/mol. The lowest BCUT2D eigenvalue weighted by atomic mass is 10.7. The predicted octanol–water partition coefficient (Wildman–Crippen LogP) is 1.76. The third kappa shape index (κ3) is 9.51. The summed E-state index contributed by atoms with van der Waals surface area (Å²) in [7, 11) is 2.36. The van der Waals surface area contributed by atoms with Gasteiger partial charge < -0.3 is 14.1 Å². The van der Waals surface area contributed by atoms with Crippen molar-refractivity contribution >= 4 is 31.5 Å². The quantitative estimate of drug-likeness (QED) is 0.619. The van der Waals surface area contributed by atoms with Crippen molar-refractivity contribution in [3.8, 4) is 0 Å². The smallest absolute Gasteiger partial charge is 0.327 e. The van der Waals surface area contributed by atoms with Gasteiger partial charge in [0, 0.05) is 23.1 Å². The van der Waals surface area contributed by atoms with Gasteiger partial charge in [0.2, 0.25) is 0 Å². The van der Waals surface area contributed by atoms with E-state index in [-0.39, 0.29) is 0 Å². The number of hydrogen-bond acceptors (Lipinski definition) is 2. The van der Waals surface area contributed by atoms with E-state index < -0.39 is 5.97 Å². The molecule has 2 unspecified atom stereocenters. The fourth-order valence-electron chi connectivity index (χ4n) is 0.156. The Morgan fingerprint density at radius 3 is 2.55 bits per heavy atom. The van der Waals surface area contributed by atoms with Gasteiger partial charge in [0.05, 0.1) is 0 Å². The number of H-pyrrole nitrogens is 2. The molecule has 1 heterocycles. The zero-order valence-electron chi connectivity index (χ0n) is 5.53. The minimum atomic E-state index is -0.981. The minimum Gasteiger partial charge on any atom is -0.478 e. The molecule has 0 aliphatic heterocycles. The van der Waals surface area contributed by atoms with Crippen LogP contribution < -0.4 is 0 Å². The summed E-state index contributed by atoms with van der Waals surface area (Å²) in [5.41, 5.74) is 0. The standard InChI is InChI=1S/C3H4O2.H4N3P3/c1-2-3(4)5;1-4-2-6-3-5-1/h2H,1H2,(H,4,5);1,4-5H,(H,2,3). The highest BCUT2D eigenvalue weighted by atomic mass is 31.1. The molecule has 0 saturated carbocycles. The van der Waals surface area contributed by atoms with Crippen LogP contribution in [0.2, 0.25) is 0 Å². The molecule has 0 aliphatic rings. The van der Waals surface area contributed by atoms with Gasteiger partial charge in [-0.1, -0.05) is 6.58 Å². The maximum absolute atomic E-state index is 9.25. The predicted molar refractivity (Wildman–Crippen MR) is 49.9 cm³/mol. The van der Waals surface area contributed by atoms with E-state index in [1.807, 2.05) is 0 Å². The number of hydrogen-bond donors (Lipinski definition) is 3. The highest BCUT2D eigenvalue weighted by Crippen LogP contribution is 2.01. The Bertz CT molecular complexity index is 192. The molecule has 11 heavy (non-hydrogen) atoms. The number of nitrogens with one attached hydrogen (secondary N) is 2. The Kier molecular flexibility index (Phi) is 7.28. The van der Waals surface area contributed by atoms with E-state index in [2.05, 4.69) is 20.1 Å². The monoisotopic (exact) mass is 211 g/mol. The summed E-state index contributed by atoms with van der Waals surface area (Å²) in [5, 5.41) is 7.60. The van der Waals surface area contributed by atoms with Crippen molar-refractivity contribution in [2.24, 2.45) is 0 Å². The van der Waals surface area contributed by atoms with Crippen LogP contribution in [-0.4, -0.2) is 24.6 Å². The molecule has 5 nitrogen and oxygen atoms in total. The average molecular weight is 211 g/mol. The largest absolute Gasteiger partial charge is 0.478 e. The summed E-state index contributed by atoms with van der Waals surface area (Å²) in [4.78, 5) is 9.25. The number of carboxylic acids is 1. The SMILES string of the molecule is C=CC(=O)O.n1p[nH][pH][nH][pH]1. The molecule has 1 aromatic rings. The fourth-order valence-corrected chi connectivity index (χ4v) is 2.81. The van der Waals surface area contributed by atoms with Crippen LogP contribution in [-0.2, 0) is 4.79 Å². The molecule has 0 aliphatic carbocycles. The summed E-state index contributed by atoms with van der Waals surface area (Å²) >= 11 is 0. The van der Waals surface area contributed by atoms with E-state index in [0.29, 0.717) is 17.0 Å². The van der Waals surface area contributed by atoms with Crippen LogP contribution in [0.3, 0.4) is 0 Å². The molecular formula is C3H8N3O2P3. The van der Waals surface area contributed by atoms with Gasteiger partial charge in [-0.25, -0.2) is 4.79 Å². The van der Waals surface area contributed by atoms with Crippen LogP contribution in [0.25, 0.3) is 0 Å². The van der Waals surface area contributed by atoms with Crippen LogP contribution in [0.4, 0.5) is 0 Å². The lowest BCUT2D eigenvalue weighted by Crippen LogP contribution is -1.82. The van der Waals surface area contributed by atoms with Crippen LogP contribution in [0, 0.1) is 0 Å². The van der Waals surface area contributed by atoms with Crippen molar-refractivity contribution < 1.29 is 9.90 Å². The third-order valence-corrected chi connectivity index (χ3v) is 3.09. The molecule has 62 valence electrons.